The molecule has 0 fully saturated rings. The highest BCUT2D eigenvalue weighted by Crippen LogP contribution is 2.15. The summed E-state index contributed by atoms with van der Waals surface area (Å²) in [5.41, 5.74) is 1.05. The minimum absolute atomic E-state index is 0.331. The number of sulfone groups is 1. The molecule has 0 aliphatic rings. The molecular weight excluding hydrogens is 386 g/mol. The van der Waals surface area contributed by atoms with Crippen molar-refractivity contribution in [2.75, 3.05) is 33.0 Å². The first-order chi connectivity index (χ1) is 12.9. The van der Waals surface area contributed by atoms with E-state index in [4.69, 9.17) is 16.3 Å². The lowest BCUT2D eigenvalue weighted by Gasteiger charge is -2.12. The molecule has 8 heteroatoms. The van der Waals surface area contributed by atoms with Crippen LogP contribution in [0.1, 0.15) is 5.56 Å². The molecule has 0 amide bonds. The molecule has 0 aromatic heterocycles. The first-order valence-electron chi connectivity index (χ1n) is 8.50. The zero-order chi connectivity index (χ0) is 19.7. The molecule has 0 heterocycles. The molecule has 0 aliphatic carbocycles. The van der Waals surface area contributed by atoms with Gasteiger partial charge in [0, 0.05) is 24.9 Å². The van der Waals surface area contributed by atoms with Crippen LogP contribution in [0.2, 0.25) is 5.02 Å². The van der Waals surface area contributed by atoms with E-state index in [0.717, 1.165) is 17.7 Å². The molecule has 0 saturated carbocycles. The Balaban J connectivity index is 1.68. The fourth-order valence-corrected chi connectivity index (χ4v) is 3.07. The first kappa shape index (κ1) is 21.1. The van der Waals surface area contributed by atoms with E-state index in [-0.39, 0.29) is 0 Å². The van der Waals surface area contributed by atoms with Gasteiger partial charge in [-0.25, -0.2) is 8.42 Å². The summed E-state index contributed by atoms with van der Waals surface area (Å²) in [5.74, 6) is 1.45. The van der Waals surface area contributed by atoms with Gasteiger partial charge in [0.15, 0.2) is 15.8 Å². The van der Waals surface area contributed by atoms with Crippen molar-refractivity contribution >= 4 is 27.4 Å². The number of guanidine groups is 1. The largest absolute Gasteiger partial charge is 0.492 e. The molecule has 2 aromatic rings. The van der Waals surface area contributed by atoms with Crippen LogP contribution in [0.15, 0.2) is 58.4 Å². The predicted molar refractivity (Wildman–Crippen MR) is 110 cm³/mol. The normalized spacial score (nSPS) is 11.9. The molecule has 2 N–H and O–H groups in total. The number of hydrogen-bond acceptors (Lipinski definition) is 4. The van der Waals surface area contributed by atoms with Gasteiger partial charge in [-0.3, -0.25) is 4.99 Å². The van der Waals surface area contributed by atoms with Crippen molar-refractivity contribution in [3.63, 3.8) is 0 Å². The van der Waals surface area contributed by atoms with Gasteiger partial charge >= 0.3 is 0 Å². The molecule has 0 saturated heterocycles. The van der Waals surface area contributed by atoms with Crippen LogP contribution >= 0.6 is 11.6 Å². The van der Waals surface area contributed by atoms with E-state index >= 15 is 0 Å². The second-order valence-electron chi connectivity index (χ2n) is 5.89. The zero-order valence-corrected chi connectivity index (χ0v) is 17.0. The van der Waals surface area contributed by atoms with Crippen molar-refractivity contribution in [2.24, 2.45) is 4.99 Å². The van der Waals surface area contributed by atoms with E-state index in [9.17, 15) is 8.42 Å². The van der Waals surface area contributed by atoms with Crippen molar-refractivity contribution in [3.05, 3.63) is 59.1 Å². The Morgan fingerprint density at radius 3 is 2.26 bits per heavy atom. The van der Waals surface area contributed by atoms with E-state index in [0.29, 0.717) is 35.6 Å². The summed E-state index contributed by atoms with van der Waals surface area (Å²) >= 11 is 5.84. The topological polar surface area (TPSA) is 79.8 Å². The van der Waals surface area contributed by atoms with Crippen molar-refractivity contribution in [1.82, 2.24) is 10.6 Å². The smallest absolute Gasteiger partial charge is 0.191 e. The number of nitrogens with zero attached hydrogens (tertiary/aromatic N) is 1. The summed E-state index contributed by atoms with van der Waals surface area (Å²) < 4.78 is 28.5. The van der Waals surface area contributed by atoms with E-state index < -0.39 is 9.84 Å². The highest BCUT2D eigenvalue weighted by Gasteiger charge is 2.06. The van der Waals surface area contributed by atoms with Crippen molar-refractivity contribution < 1.29 is 13.2 Å². The fourth-order valence-electron chi connectivity index (χ4n) is 2.32. The summed E-state index contributed by atoms with van der Waals surface area (Å²) in [6.45, 7) is 1.77. The van der Waals surface area contributed by atoms with E-state index in [1.165, 1.54) is 6.26 Å². The monoisotopic (exact) mass is 409 g/mol. The summed E-state index contributed by atoms with van der Waals surface area (Å²) in [5, 5.41) is 7.07. The number of halogens is 1. The molecule has 0 radical (unpaired) electrons. The Bertz CT molecular complexity index is 851. The Hall–Kier alpha value is -2.25. The predicted octanol–water partition coefficient (Wildman–Crippen LogP) is 2.53. The highest BCUT2D eigenvalue weighted by atomic mass is 35.5. The van der Waals surface area contributed by atoms with Gasteiger partial charge in [0.2, 0.25) is 0 Å². The average molecular weight is 410 g/mol. The lowest BCUT2D eigenvalue weighted by Crippen LogP contribution is -2.40. The second-order valence-corrected chi connectivity index (χ2v) is 8.35. The van der Waals surface area contributed by atoms with Crippen LogP contribution in [-0.2, 0) is 16.3 Å². The van der Waals surface area contributed by atoms with Gasteiger partial charge in [-0.2, -0.15) is 0 Å². The van der Waals surface area contributed by atoms with Crippen LogP contribution in [-0.4, -0.2) is 47.4 Å². The molecule has 27 heavy (non-hydrogen) atoms. The maximum atomic E-state index is 11.5. The molecule has 0 aliphatic heterocycles. The number of ether oxygens (including phenoxy) is 1. The number of rotatable bonds is 8. The Kier molecular flexibility index (Phi) is 7.94. The van der Waals surface area contributed by atoms with E-state index in [1.54, 1.807) is 31.3 Å². The third-order valence-corrected chi connectivity index (χ3v) is 5.14. The minimum atomic E-state index is -3.16. The third kappa shape index (κ3) is 7.48. The molecule has 0 atom stereocenters. The van der Waals surface area contributed by atoms with Crippen molar-refractivity contribution in [3.8, 4) is 5.75 Å². The van der Waals surface area contributed by atoms with Crippen LogP contribution in [0.25, 0.3) is 0 Å². The van der Waals surface area contributed by atoms with Crippen molar-refractivity contribution in [2.45, 2.75) is 11.3 Å². The molecule has 146 valence electrons. The summed E-state index contributed by atoms with van der Waals surface area (Å²) in [7, 11) is -1.45. The van der Waals surface area contributed by atoms with E-state index in [2.05, 4.69) is 15.6 Å². The Labute approximate surface area is 165 Å². The van der Waals surface area contributed by atoms with Crippen molar-refractivity contribution in [1.29, 1.82) is 0 Å². The lowest BCUT2D eigenvalue weighted by molar-refractivity contribution is 0.322. The van der Waals surface area contributed by atoms with Gasteiger partial charge in [-0.1, -0.05) is 23.7 Å². The number of hydrogen-bond donors (Lipinski definition) is 2. The van der Waals surface area contributed by atoms with Crippen LogP contribution in [0, 0.1) is 0 Å². The molecule has 2 aromatic carbocycles. The highest BCUT2D eigenvalue weighted by molar-refractivity contribution is 7.90. The molecule has 2 rings (SSSR count). The number of aliphatic imine (C=N–C) groups is 1. The molecule has 0 bridgehead atoms. The number of nitrogens with one attached hydrogen (secondary N) is 2. The fraction of sp³-hybridized carbons (Fsp3) is 0.316. The molecular formula is C19H24ClN3O3S. The Morgan fingerprint density at radius 2 is 1.67 bits per heavy atom. The average Bonchev–Trinajstić information content (AvgIpc) is 2.65. The van der Waals surface area contributed by atoms with Gasteiger partial charge in [0.25, 0.3) is 0 Å². The standard InChI is InChI=1S/C19H24ClN3O3S/c1-21-19(23-13-14-26-17-7-5-16(20)6-8-17)22-12-11-15-3-9-18(10-4-15)27(2,24)25/h3-10H,11-14H2,1-2H3,(H2,21,22,23). The quantitative estimate of drug-likeness (QED) is 0.398. The van der Waals surface area contributed by atoms with E-state index in [1.807, 2.05) is 24.3 Å². The van der Waals surface area contributed by atoms with Gasteiger partial charge in [0.05, 0.1) is 11.4 Å². The van der Waals surface area contributed by atoms with Gasteiger partial charge in [0.1, 0.15) is 12.4 Å². The maximum absolute atomic E-state index is 11.5. The summed E-state index contributed by atoms with van der Waals surface area (Å²) in [6, 6.07) is 14.1. The van der Waals surface area contributed by atoms with Crippen LogP contribution in [0.4, 0.5) is 0 Å². The van der Waals surface area contributed by atoms with Crippen LogP contribution in [0.3, 0.4) is 0 Å². The second kappa shape index (κ2) is 10.2. The number of benzene rings is 2. The van der Waals surface area contributed by atoms with Gasteiger partial charge in [-0.15, -0.1) is 0 Å². The first-order valence-corrected chi connectivity index (χ1v) is 10.8. The third-order valence-electron chi connectivity index (χ3n) is 3.76. The zero-order valence-electron chi connectivity index (χ0n) is 15.4. The SMILES string of the molecule is CN=C(NCCOc1ccc(Cl)cc1)NCCc1ccc(S(C)(=O)=O)cc1. The summed E-state index contributed by atoms with van der Waals surface area (Å²) in [6.07, 6.45) is 1.96. The summed E-state index contributed by atoms with van der Waals surface area (Å²) in [4.78, 5) is 4.49. The maximum Gasteiger partial charge on any atom is 0.191 e. The molecule has 0 unspecified atom stereocenters. The molecule has 6 nitrogen and oxygen atoms in total. The Morgan fingerprint density at radius 1 is 1.04 bits per heavy atom. The van der Waals surface area contributed by atoms with Gasteiger partial charge < -0.3 is 15.4 Å². The minimum Gasteiger partial charge on any atom is -0.492 e. The van der Waals surface area contributed by atoms with Crippen LogP contribution < -0.4 is 15.4 Å². The van der Waals surface area contributed by atoms with Crippen LogP contribution in [0.5, 0.6) is 5.75 Å². The molecule has 0 spiro atoms. The lowest BCUT2D eigenvalue weighted by atomic mass is 10.1. The van der Waals surface area contributed by atoms with Gasteiger partial charge in [-0.05, 0) is 48.4 Å².